The van der Waals surface area contributed by atoms with Gasteiger partial charge < -0.3 is 9.73 Å². The van der Waals surface area contributed by atoms with Gasteiger partial charge in [0, 0.05) is 0 Å². The van der Waals surface area contributed by atoms with Gasteiger partial charge in [0.25, 0.3) is 5.91 Å². The summed E-state index contributed by atoms with van der Waals surface area (Å²) < 4.78 is 44.0. The second-order valence-electron chi connectivity index (χ2n) is 4.69. The fraction of sp³-hybridized carbons (Fsp3) is 0.267. The Balaban J connectivity index is 2.21. The first-order valence-electron chi connectivity index (χ1n) is 6.32. The summed E-state index contributed by atoms with van der Waals surface area (Å²) in [5, 5.41) is 2.51. The highest BCUT2D eigenvalue weighted by atomic mass is 19.4. The first-order chi connectivity index (χ1) is 9.79. The summed E-state index contributed by atoms with van der Waals surface area (Å²) in [6, 6.07) is 7.56. The standard InChI is InChI=1S/C15H14F3NO2/c1-9-7-8-13(21-9)10(2)19-14(20)11-5-3-4-6-12(11)15(16,17)18/h3-8,10H,1-2H3,(H,19,20). The van der Waals surface area contributed by atoms with Crippen LogP contribution in [0.3, 0.4) is 0 Å². The molecule has 0 aliphatic rings. The molecule has 0 radical (unpaired) electrons. The molecule has 0 aliphatic heterocycles. The van der Waals surface area contributed by atoms with Crippen LogP contribution in [0.25, 0.3) is 0 Å². The number of aryl methyl sites for hydroxylation is 1. The van der Waals surface area contributed by atoms with Gasteiger partial charge in [-0.2, -0.15) is 13.2 Å². The molecule has 0 bridgehead atoms. The van der Waals surface area contributed by atoms with Crippen LogP contribution in [0.1, 0.15) is 40.4 Å². The molecule has 1 N–H and O–H groups in total. The molecule has 0 spiro atoms. The van der Waals surface area contributed by atoms with E-state index in [1.54, 1.807) is 26.0 Å². The van der Waals surface area contributed by atoms with E-state index in [1.165, 1.54) is 12.1 Å². The molecule has 3 nitrogen and oxygen atoms in total. The SMILES string of the molecule is Cc1ccc(C(C)NC(=O)c2ccccc2C(F)(F)F)o1. The van der Waals surface area contributed by atoms with Crippen LogP contribution in [-0.2, 0) is 6.18 Å². The van der Waals surface area contributed by atoms with E-state index >= 15 is 0 Å². The zero-order valence-corrected chi connectivity index (χ0v) is 11.5. The van der Waals surface area contributed by atoms with Crippen molar-refractivity contribution in [2.75, 3.05) is 0 Å². The van der Waals surface area contributed by atoms with Gasteiger partial charge >= 0.3 is 6.18 Å². The average molecular weight is 297 g/mol. The number of halogens is 3. The van der Waals surface area contributed by atoms with Gasteiger partial charge in [-0.25, -0.2) is 0 Å². The van der Waals surface area contributed by atoms with E-state index in [-0.39, 0.29) is 0 Å². The second-order valence-corrected chi connectivity index (χ2v) is 4.69. The minimum Gasteiger partial charge on any atom is -0.464 e. The van der Waals surface area contributed by atoms with Crippen LogP contribution in [0.2, 0.25) is 0 Å². The number of carbonyl (C=O) groups is 1. The number of alkyl halides is 3. The number of furan rings is 1. The minimum absolute atomic E-state index is 0.403. The Morgan fingerprint density at radius 3 is 2.43 bits per heavy atom. The Hall–Kier alpha value is -2.24. The molecular weight excluding hydrogens is 283 g/mol. The zero-order chi connectivity index (χ0) is 15.6. The van der Waals surface area contributed by atoms with Crippen molar-refractivity contribution in [2.24, 2.45) is 0 Å². The molecule has 21 heavy (non-hydrogen) atoms. The third kappa shape index (κ3) is 3.45. The molecule has 2 aromatic rings. The van der Waals surface area contributed by atoms with E-state index in [4.69, 9.17) is 4.42 Å². The summed E-state index contributed by atoms with van der Waals surface area (Å²) in [6.07, 6.45) is -4.57. The lowest BCUT2D eigenvalue weighted by atomic mass is 10.1. The van der Waals surface area contributed by atoms with Gasteiger partial charge in [-0.15, -0.1) is 0 Å². The summed E-state index contributed by atoms with van der Waals surface area (Å²) in [7, 11) is 0. The lowest BCUT2D eigenvalue weighted by molar-refractivity contribution is -0.137. The maximum atomic E-state index is 12.9. The van der Waals surface area contributed by atoms with Gasteiger partial charge in [-0.3, -0.25) is 4.79 Å². The van der Waals surface area contributed by atoms with Gasteiger partial charge in [0.05, 0.1) is 17.2 Å². The van der Waals surface area contributed by atoms with E-state index in [0.29, 0.717) is 11.5 Å². The number of benzene rings is 1. The van der Waals surface area contributed by atoms with Crippen LogP contribution in [0.5, 0.6) is 0 Å². The number of amides is 1. The van der Waals surface area contributed by atoms with Crippen molar-refractivity contribution in [3.8, 4) is 0 Å². The Morgan fingerprint density at radius 2 is 1.86 bits per heavy atom. The van der Waals surface area contributed by atoms with Gasteiger partial charge in [0.2, 0.25) is 0 Å². The molecule has 0 fully saturated rings. The van der Waals surface area contributed by atoms with Gasteiger partial charge in [0.1, 0.15) is 11.5 Å². The number of nitrogens with one attached hydrogen (secondary N) is 1. The lowest BCUT2D eigenvalue weighted by Gasteiger charge is -2.15. The molecule has 1 atom stereocenters. The Morgan fingerprint density at radius 1 is 1.19 bits per heavy atom. The van der Waals surface area contributed by atoms with Crippen molar-refractivity contribution in [1.82, 2.24) is 5.32 Å². The van der Waals surface area contributed by atoms with Crippen LogP contribution in [0, 0.1) is 6.92 Å². The first kappa shape index (κ1) is 15.2. The van der Waals surface area contributed by atoms with E-state index in [1.807, 2.05) is 0 Å². The third-order valence-electron chi connectivity index (χ3n) is 3.01. The zero-order valence-electron chi connectivity index (χ0n) is 11.5. The predicted octanol–water partition coefficient (Wildman–Crippen LogP) is 4.10. The third-order valence-corrected chi connectivity index (χ3v) is 3.01. The molecule has 112 valence electrons. The van der Waals surface area contributed by atoms with Crippen molar-refractivity contribution in [1.29, 1.82) is 0 Å². The van der Waals surface area contributed by atoms with Crippen molar-refractivity contribution < 1.29 is 22.4 Å². The molecule has 2 rings (SSSR count). The van der Waals surface area contributed by atoms with Gasteiger partial charge in [-0.1, -0.05) is 12.1 Å². The van der Waals surface area contributed by atoms with E-state index in [9.17, 15) is 18.0 Å². The van der Waals surface area contributed by atoms with Crippen LogP contribution >= 0.6 is 0 Å². The fourth-order valence-corrected chi connectivity index (χ4v) is 1.96. The molecule has 0 saturated heterocycles. The van der Waals surface area contributed by atoms with Crippen molar-refractivity contribution >= 4 is 5.91 Å². The average Bonchev–Trinajstić information content (AvgIpc) is 2.84. The largest absolute Gasteiger partial charge is 0.464 e. The normalized spacial score (nSPS) is 13.0. The highest BCUT2D eigenvalue weighted by molar-refractivity contribution is 5.96. The molecule has 1 aromatic carbocycles. The first-order valence-corrected chi connectivity index (χ1v) is 6.32. The molecule has 6 heteroatoms. The van der Waals surface area contributed by atoms with Crippen LogP contribution in [-0.4, -0.2) is 5.91 Å². The van der Waals surface area contributed by atoms with Crippen molar-refractivity contribution in [3.63, 3.8) is 0 Å². The highest BCUT2D eigenvalue weighted by Crippen LogP contribution is 2.32. The molecule has 1 unspecified atom stereocenters. The van der Waals surface area contributed by atoms with Gasteiger partial charge in [-0.05, 0) is 38.1 Å². The van der Waals surface area contributed by atoms with E-state index < -0.39 is 29.3 Å². The molecule has 1 heterocycles. The smallest absolute Gasteiger partial charge is 0.417 e. The summed E-state index contributed by atoms with van der Waals surface area (Å²) >= 11 is 0. The summed E-state index contributed by atoms with van der Waals surface area (Å²) in [5.41, 5.74) is -1.36. The fourth-order valence-electron chi connectivity index (χ4n) is 1.96. The second kappa shape index (κ2) is 5.63. The Labute approximate surface area is 119 Å². The highest BCUT2D eigenvalue weighted by Gasteiger charge is 2.35. The van der Waals surface area contributed by atoms with Crippen molar-refractivity contribution in [2.45, 2.75) is 26.1 Å². The minimum atomic E-state index is -4.57. The number of rotatable bonds is 3. The maximum Gasteiger partial charge on any atom is 0.417 e. The number of hydrogen-bond donors (Lipinski definition) is 1. The molecule has 1 amide bonds. The summed E-state index contributed by atoms with van der Waals surface area (Å²) in [6.45, 7) is 3.39. The molecule has 1 aromatic heterocycles. The molecular formula is C15H14F3NO2. The maximum absolute atomic E-state index is 12.9. The Kier molecular flexibility index (Phi) is 4.06. The van der Waals surface area contributed by atoms with E-state index in [0.717, 1.165) is 12.1 Å². The molecule has 0 saturated carbocycles. The monoisotopic (exact) mass is 297 g/mol. The van der Waals surface area contributed by atoms with Crippen molar-refractivity contribution in [3.05, 3.63) is 59.0 Å². The lowest BCUT2D eigenvalue weighted by Crippen LogP contribution is -2.28. The summed E-state index contributed by atoms with van der Waals surface area (Å²) in [5.74, 6) is 0.372. The van der Waals surface area contributed by atoms with Crippen LogP contribution in [0.15, 0.2) is 40.8 Å². The Bertz CT molecular complexity index is 646. The van der Waals surface area contributed by atoms with Gasteiger partial charge in [0.15, 0.2) is 0 Å². The van der Waals surface area contributed by atoms with E-state index in [2.05, 4.69) is 5.32 Å². The number of carbonyl (C=O) groups excluding carboxylic acids is 1. The number of hydrogen-bond acceptors (Lipinski definition) is 2. The topological polar surface area (TPSA) is 42.2 Å². The quantitative estimate of drug-likeness (QED) is 0.927. The summed E-state index contributed by atoms with van der Waals surface area (Å²) in [4.78, 5) is 12.0. The molecule has 0 aliphatic carbocycles. The predicted molar refractivity (Wildman–Crippen MR) is 70.8 cm³/mol. The van der Waals surface area contributed by atoms with Crippen LogP contribution < -0.4 is 5.32 Å². The van der Waals surface area contributed by atoms with Crippen LogP contribution in [0.4, 0.5) is 13.2 Å².